The fourth-order valence-corrected chi connectivity index (χ4v) is 2.93. The number of hydrogen-bond donors (Lipinski definition) is 4. The minimum absolute atomic E-state index is 0.270. The fourth-order valence-electron chi connectivity index (χ4n) is 2.69. The Kier molecular flexibility index (Phi) is 3.62. The second kappa shape index (κ2) is 5.21. The molecule has 9 heteroatoms. The van der Waals surface area contributed by atoms with E-state index in [1.807, 2.05) is 0 Å². The Morgan fingerprint density at radius 2 is 2.36 bits per heavy atom. The molecule has 118 valence electrons. The number of aryl methyl sites for hydroxylation is 1. The summed E-state index contributed by atoms with van der Waals surface area (Å²) < 4.78 is 7.33. The average Bonchev–Trinajstić information content (AvgIpc) is 3.00. The van der Waals surface area contributed by atoms with Crippen molar-refractivity contribution in [2.75, 3.05) is 6.61 Å². The minimum Gasteiger partial charge on any atom is -0.394 e. The molecule has 0 bridgehead atoms. The van der Waals surface area contributed by atoms with Gasteiger partial charge in [0.05, 0.1) is 12.9 Å². The third kappa shape index (κ3) is 2.02. The van der Waals surface area contributed by atoms with Crippen molar-refractivity contribution in [3.8, 4) is 0 Å². The SMILES string of the molecule is C=C[C@@]1(O)[C@H](O)[C@@H](CO)O[C@H]1n1cnc2c(C)[nH]c(=S)nc21. The number of imidazole rings is 1. The fraction of sp³-hybridized carbons (Fsp3) is 0.462. The maximum Gasteiger partial charge on any atom is 0.199 e. The molecule has 4 atom stereocenters. The summed E-state index contributed by atoms with van der Waals surface area (Å²) >= 11 is 5.06. The second-order valence-electron chi connectivity index (χ2n) is 5.24. The number of aromatic nitrogens is 4. The van der Waals surface area contributed by atoms with E-state index in [1.54, 1.807) is 6.92 Å². The molecule has 0 saturated carbocycles. The molecule has 0 spiro atoms. The third-order valence-corrected chi connectivity index (χ3v) is 4.10. The molecule has 0 radical (unpaired) electrons. The van der Waals surface area contributed by atoms with Crippen LogP contribution in [0.4, 0.5) is 0 Å². The molecule has 3 rings (SSSR count). The molecule has 0 amide bonds. The van der Waals surface area contributed by atoms with Crippen molar-refractivity contribution < 1.29 is 20.1 Å². The molecule has 8 nitrogen and oxygen atoms in total. The van der Waals surface area contributed by atoms with E-state index in [0.29, 0.717) is 11.2 Å². The second-order valence-corrected chi connectivity index (χ2v) is 5.62. The van der Waals surface area contributed by atoms with Crippen LogP contribution in [-0.2, 0) is 4.74 Å². The Morgan fingerprint density at radius 3 is 3.00 bits per heavy atom. The van der Waals surface area contributed by atoms with Gasteiger partial charge in [0.1, 0.15) is 17.7 Å². The highest BCUT2D eigenvalue weighted by atomic mass is 32.1. The maximum absolute atomic E-state index is 10.7. The Bertz CT molecular complexity index is 788. The van der Waals surface area contributed by atoms with Crippen molar-refractivity contribution in [3.63, 3.8) is 0 Å². The molecule has 1 fully saturated rings. The van der Waals surface area contributed by atoms with Crippen molar-refractivity contribution in [2.24, 2.45) is 0 Å². The first-order valence-electron chi connectivity index (χ1n) is 6.66. The zero-order valence-corrected chi connectivity index (χ0v) is 12.6. The Balaban J connectivity index is 2.18. The summed E-state index contributed by atoms with van der Waals surface area (Å²) in [5, 5.41) is 30.1. The number of fused-ring (bicyclic) bond motifs is 1. The van der Waals surface area contributed by atoms with Crippen LogP contribution in [0.25, 0.3) is 11.2 Å². The molecule has 3 heterocycles. The Morgan fingerprint density at radius 1 is 1.64 bits per heavy atom. The van der Waals surface area contributed by atoms with Crippen LogP contribution < -0.4 is 0 Å². The zero-order valence-electron chi connectivity index (χ0n) is 11.8. The van der Waals surface area contributed by atoms with E-state index < -0.39 is 30.6 Å². The molecule has 0 unspecified atom stereocenters. The van der Waals surface area contributed by atoms with Gasteiger partial charge < -0.3 is 25.0 Å². The number of hydrogen-bond acceptors (Lipinski definition) is 7. The molecule has 0 aliphatic carbocycles. The number of nitrogens with one attached hydrogen (secondary N) is 1. The topological polar surface area (TPSA) is 116 Å². The molecule has 1 aliphatic heterocycles. The molecule has 2 aromatic heterocycles. The summed E-state index contributed by atoms with van der Waals surface area (Å²) in [4.78, 5) is 11.3. The first-order chi connectivity index (χ1) is 10.4. The molecule has 0 aromatic carbocycles. The number of rotatable bonds is 3. The monoisotopic (exact) mass is 324 g/mol. The third-order valence-electron chi connectivity index (χ3n) is 3.91. The molecule has 1 aliphatic rings. The lowest BCUT2D eigenvalue weighted by Gasteiger charge is -2.28. The highest BCUT2D eigenvalue weighted by Crippen LogP contribution is 2.40. The summed E-state index contributed by atoms with van der Waals surface area (Å²) in [5.74, 6) is 0. The van der Waals surface area contributed by atoms with Gasteiger partial charge in [-0.25, -0.2) is 4.98 Å². The molecular weight excluding hydrogens is 308 g/mol. The lowest BCUT2D eigenvalue weighted by atomic mass is 9.94. The molecule has 2 aromatic rings. The summed E-state index contributed by atoms with van der Waals surface area (Å²) in [6.07, 6.45) is -0.647. The van der Waals surface area contributed by atoms with E-state index in [-0.39, 0.29) is 4.77 Å². The number of aliphatic hydroxyl groups is 3. The van der Waals surface area contributed by atoms with Gasteiger partial charge >= 0.3 is 0 Å². The normalized spacial score (nSPS) is 31.7. The predicted octanol–water partition coefficient (Wildman–Crippen LogP) is -0.0350. The first kappa shape index (κ1) is 15.3. The Hall–Kier alpha value is -1.65. The van der Waals surface area contributed by atoms with Gasteiger partial charge in [-0.15, -0.1) is 0 Å². The van der Waals surface area contributed by atoms with Gasteiger partial charge in [0.15, 0.2) is 22.2 Å². The quantitative estimate of drug-likeness (QED) is 0.462. The Labute approximate surface area is 130 Å². The van der Waals surface area contributed by atoms with Crippen LogP contribution in [-0.4, -0.2) is 59.3 Å². The maximum atomic E-state index is 10.7. The molecule has 1 saturated heterocycles. The van der Waals surface area contributed by atoms with E-state index in [4.69, 9.17) is 17.0 Å². The summed E-state index contributed by atoms with van der Waals surface area (Å²) in [6, 6.07) is 0. The van der Waals surface area contributed by atoms with Crippen LogP contribution in [0.3, 0.4) is 0 Å². The predicted molar refractivity (Wildman–Crippen MR) is 79.6 cm³/mol. The van der Waals surface area contributed by atoms with Gasteiger partial charge in [-0.05, 0) is 19.1 Å². The van der Waals surface area contributed by atoms with E-state index >= 15 is 0 Å². The van der Waals surface area contributed by atoms with Gasteiger partial charge in [0, 0.05) is 5.69 Å². The minimum atomic E-state index is -1.78. The van der Waals surface area contributed by atoms with Gasteiger partial charge in [0.25, 0.3) is 0 Å². The van der Waals surface area contributed by atoms with Crippen LogP contribution >= 0.6 is 12.2 Å². The van der Waals surface area contributed by atoms with Gasteiger partial charge in [0.2, 0.25) is 0 Å². The standard InChI is InChI=1S/C13H16N4O4S/c1-3-13(20)9(19)7(4-18)21-11(13)17-5-14-8-6(2)15-12(22)16-10(8)17/h3,5,7,9,11,18-20H,1,4H2,2H3,(H,15,16,22)/t7-,9-,11-,13-/m1/s1. The highest BCUT2D eigenvalue weighted by Gasteiger charge is 2.54. The molecular formula is C13H16N4O4S. The van der Waals surface area contributed by atoms with Crippen LogP contribution in [0.5, 0.6) is 0 Å². The molecule has 22 heavy (non-hydrogen) atoms. The number of aliphatic hydroxyl groups excluding tert-OH is 2. The summed E-state index contributed by atoms with van der Waals surface area (Å²) in [7, 11) is 0. The largest absolute Gasteiger partial charge is 0.394 e. The van der Waals surface area contributed by atoms with Crippen molar-refractivity contribution >= 4 is 23.4 Å². The van der Waals surface area contributed by atoms with Crippen molar-refractivity contribution in [2.45, 2.75) is 31.0 Å². The highest BCUT2D eigenvalue weighted by molar-refractivity contribution is 7.71. The lowest BCUT2D eigenvalue weighted by molar-refractivity contribution is -0.0771. The summed E-state index contributed by atoms with van der Waals surface area (Å²) in [5.41, 5.74) is -0.0614. The number of H-pyrrole nitrogens is 1. The van der Waals surface area contributed by atoms with Crippen molar-refractivity contribution in [3.05, 3.63) is 29.4 Å². The smallest absolute Gasteiger partial charge is 0.199 e. The van der Waals surface area contributed by atoms with Crippen LogP contribution in [0.2, 0.25) is 0 Å². The van der Waals surface area contributed by atoms with E-state index in [9.17, 15) is 15.3 Å². The van der Waals surface area contributed by atoms with E-state index in [0.717, 1.165) is 5.69 Å². The van der Waals surface area contributed by atoms with Crippen molar-refractivity contribution in [1.82, 2.24) is 19.5 Å². The zero-order chi connectivity index (χ0) is 16.1. The van der Waals surface area contributed by atoms with Crippen molar-refractivity contribution in [1.29, 1.82) is 0 Å². The van der Waals surface area contributed by atoms with E-state index in [1.165, 1.54) is 17.0 Å². The van der Waals surface area contributed by atoms with Crippen LogP contribution in [0, 0.1) is 11.7 Å². The van der Waals surface area contributed by atoms with Crippen LogP contribution in [0.15, 0.2) is 19.0 Å². The van der Waals surface area contributed by atoms with Gasteiger partial charge in [-0.1, -0.05) is 12.7 Å². The van der Waals surface area contributed by atoms with E-state index in [2.05, 4.69) is 21.5 Å². The van der Waals surface area contributed by atoms with Gasteiger partial charge in [-0.2, -0.15) is 4.98 Å². The summed E-state index contributed by atoms with van der Waals surface area (Å²) in [6.45, 7) is 4.92. The number of aromatic amines is 1. The molecule has 4 N–H and O–H groups in total. The number of ether oxygens (including phenoxy) is 1. The average molecular weight is 324 g/mol. The van der Waals surface area contributed by atoms with Crippen LogP contribution in [0.1, 0.15) is 11.9 Å². The van der Waals surface area contributed by atoms with Gasteiger partial charge in [-0.3, -0.25) is 4.57 Å². The first-order valence-corrected chi connectivity index (χ1v) is 7.07. The number of nitrogens with zero attached hydrogens (tertiary/aromatic N) is 3. The lowest BCUT2D eigenvalue weighted by Crippen LogP contribution is -2.45.